The highest BCUT2D eigenvalue weighted by Crippen LogP contribution is 2.38. The molecule has 0 spiro atoms. The van der Waals surface area contributed by atoms with Gasteiger partial charge in [-0.05, 0) is 41.0 Å². The quantitative estimate of drug-likeness (QED) is 0.177. The van der Waals surface area contributed by atoms with E-state index in [1.54, 1.807) is 13.1 Å². The molecule has 4 aromatic rings. The first-order chi connectivity index (χ1) is 20.6. The number of para-hydroxylation sites is 1. The Bertz CT molecular complexity index is 1620. The van der Waals surface area contributed by atoms with Gasteiger partial charge in [0.15, 0.2) is 0 Å². The first-order valence-electron chi connectivity index (χ1n) is 13.7. The predicted octanol–water partition coefficient (Wildman–Crippen LogP) is 7.71. The van der Waals surface area contributed by atoms with Gasteiger partial charge in [-0.1, -0.05) is 91.0 Å². The van der Waals surface area contributed by atoms with Crippen LogP contribution in [0.3, 0.4) is 0 Å². The normalized spacial score (nSPS) is 16.4. The summed E-state index contributed by atoms with van der Waals surface area (Å²) in [6, 6.07) is 26.0. The Morgan fingerprint density at radius 3 is 2.26 bits per heavy atom. The largest absolute Gasteiger partial charge is 0.416 e. The molecule has 0 bridgehead atoms. The molecule has 220 valence electrons. The Labute approximate surface area is 247 Å². The van der Waals surface area contributed by atoms with Crippen LogP contribution in [0, 0.1) is 5.82 Å². The molecule has 0 fully saturated rings. The van der Waals surface area contributed by atoms with Gasteiger partial charge in [0.2, 0.25) is 5.91 Å². The smallest absolute Gasteiger partial charge is 0.326 e. The molecule has 5 rings (SSSR count). The fourth-order valence-corrected chi connectivity index (χ4v) is 5.24. The Kier molecular flexibility index (Phi) is 8.61. The van der Waals surface area contributed by atoms with Crippen LogP contribution in [0.15, 0.2) is 115 Å². The summed E-state index contributed by atoms with van der Waals surface area (Å²) < 4.78 is 55.7. The second-order valence-corrected chi connectivity index (χ2v) is 10.2. The Balaban J connectivity index is 1.49. The minimum Gasteiger partial charge on any atom is -0.326 e. The second-order valence-electron chi connectivity index (χ2n) is 10.2. The van der Waals surface area contributed by atoms with Crippen LogP contribution in [0.5, 0.6) is 0 Å². The Hall–Kier alpha value is -4.92. The molecule has 0 saturated carbocycles. The van der Waals surface area contributed by atoms with Crippen molar-refractivity contribution in [2.24, 2.45) is 0 Å². The van der Waals surface area contributed by atoms with Gasteiger partial charge < -0.3 is 9.80 Å². The topological polar surface area (TPSA) is 43.9 Å². The van der Waals surface area contributed by atoms with E-state index in [9.17, 15) is 27.2 Å². The first kappa shape index (κ1) is 29.6. The monoisotopic (exact) mass is 587 g/mol. The molecule has 1 aliphatic rings. The van der Waals surface area contributed by atoms with Crippen molar-refractivity contribution in [1.29, 1.82) is 0 Å². The minimum atomic E-state index is -4.64. The summed E-state index contributed by atoms with van der Waals surface area (Å²) >= 11 is 0. The van der Waals surface area contributed by atoms with Gasteiger partial charge in [-0.25, -0.2) is 9.18 Å². The van der Waals surface area contributed by atoms with E-state index in [1.807, 2.05) is 54.6 Å². The lowest BCUT2D eigenvalue weighted by molar-refractivity contribution is -0.141. The maximum absolute atomic E-state index is 14.0. The number of hydrogen-bond acceptors (Lipinski definition) is 2. The maximum Gasteiger partial charge on any atom is 0.416 e. The zero-order valence-corrected chi connectivity index (χ0v) is 23.3. The molecule has 3 amide bonds. The van der Waals surface area contributed by atoms with Crippen molar-refractivity contribution in [3.8, 4) is 11.1 Å². The van der Waals surface area contributed by atoms with Crippen molar-refractivity contribution in [3.05, 3.63) is 138 Å². The van der Waals surface area contributed by atoms with E-state index in [1.165, 1.54) is 63.2 Å². The fourth-order valence-electron chi connectivity index (χ4n) is 5.24. The molecule has 9 heteroatoms. The van der Waals surface area contributed by atoms with Crippen molar-refractivity contribution >= 4 is 17.6 Å². The number of hydrogen-bond donors (Lipinski definition) is 0. The molecule has 4 aromatic carbocycles. The number of urea groups is 1. The third-order valence-electron chi connectivity index (χ3n) is 7.39. The summed E-state index contributed by atoms with van der Waals surface area (Å²) in [6.07, 6.45) is -1.52. The van der Waals surface area contributed by atoms with Crippen LogP contribution in [0.1, 0.15) is 22.7 Å². The lowest BCUT2D eigenvalue weighted by Crippen LogP contribution is -2.49. The minimum absolute atomic E-state index is 0.0114. The van der Waals surface area contributed by atoms with Crippen molar-refractivity contribution in [2.45, 2.75) is 18.8 Å². The van der Waals surface area contributed by atoms with E-state index < -0.39 is 35.5 Å². The highest BCUT2D eigenvalue weighted by Gasteiger charge is 2.38. The predicted molar refractivity (Wildman–Crippen MR) is 158 cm³/mol. The van der Waals surface area contributed by atoms with Gasteiger partial charge >= 0.3 is 12.2 Å². The molecular weight excluding hydrogens is 558 g/mol. The average molecular weight is 588 g/mol. The van der Waals surface area contributed by atoms with Crippen LogP contribution < -0.4 is 4.90 Å². The summed E-state index contributed by atoms with van der Waals surface area (Å²) in [5.74, 6) is -1.02. The molecular formula is C34H29F4N3O2. The Morgan fingerprint density at radius 1 is 0.884 bits per heavy atom. The third-order valence-corrected chi connectivity index (χ3v) is 7.39. The zero-order valence-electron chi connectivity index (χ0n) is 23.3. The molecule has 5 nitrogen and oxygen atoms in total. The summed E-state index contributed by atoms with van der Waals surface area (Å²) in [5, 5.41) is 0. The highest BCUT2D eigenvalue weighted by atomic mass is 19.4. The number of alkyl halides is 3. The highest BCUT2D eigenvalue weighted by molar-refractivity contribution is 5.98. The lowest BCUT2D eigenvalue weighted by Gasteiger charge is -2.36. The van der Waals surface area contributed by atoms with E-state index >= 15 is 0 Å². The number of carbonyl (C=O) groups excluding carboxylic acids is 2. The number of amides is 3. The molecule has 43 heavy (non-hydrogen) atoms. The van der Waals surface area contributed by atoms with Gasteiger partial charge in [0.05, 0.1) is 17.3 Å². The molecule has 0 aliphatic carbocycles. The number of benzene rings is 4. The van der Waals surface area contributed by atoms with E-state index in [2.05, 4.69) is 0 Å². The van der Waals surface area contributed by atoms with E-state index in [4.69, 9.17) is 0 Å². The van der Waals surface area contributed by atoms with E-state index in [0.717, 1.165) is 17.2 Å². The molecule has 0 N–H and O–H groups in total. The van der Waals surface area contributed by atoms with Crippen LogP contribution in [-0.2, 0) is 17.5 Å². The SMILES string of the molecule is CN(C(=O)N1C/C=C\[C@H](c2ccccc2C(F)(F)F)N(Cc2ccc(F)cc2)C(=O)C1)c1ccccc1-c1ccccc1. The molecule has 1 aliphatic heterocycles. The van der Waals surface area contributed by atoms with Gasteiger partial charge in [0, 0.05) is 25.7 Å². The van der Waals surface area contributed by atoms with Gasteiger partial charge in [-0.2, -0.15) is 13.2 Å². The summed E-state index contributed by atoms with van der Waals surface area (Å²) in [7, 11) is 1.62. The standard InChI is InChI=1S/C34H29F4N3O2/c1-39(30-15-8-6-12-27(30)25-10-3-2-4-11-25)33(43)40-21-9-16-31(28-13-5-7-14-29(28)34(36,37)38)41(32(42)23-40)22-24-17-19-26(35)20-18-24/h2-20,31H,21-23H2,1H3/b16-9-/t31-/m1/s1. The van der Waals surface area contributed by atoms with Crippen LogP contribution in [0.4, 0.5) is 28.0 Å². The number of nitrogens with zero attached hydrogens (tertiary/aromatic N) is 3. The molecule has 0 radical (unpaired) electrons. The summed E-state index contributed by atoms with van der Waals surface area (Å²) in [6.45, 7) is -0.445. The van der Waals surface area contributed by atoms with Gasteiger partial charge in [0.25, 0.3) is 0 Å². The van der Waals surface area contributed by atoms with Crippen molar-refractivity contribution in [2.75, 3.05) is 25.0 Å². The summed E-state index contributed by atoms with van der Waals surface area (Å²) in [4.78, 5) is 31.8. The van der Waals surface area contributed by atoms with Crippen molar-refractivity contribution in [3.63, 3.8) is 0 Å². The zero-order chi connectivity index (χ0) is 30.6. The molecule has 1 atom stereocenters. The molecule has 0 saturated heterocycles. The molecule has 0 aromatic heterocycles. The van der Waals surface area contributed by atoms with Crippen molar-refractivity contribution in [1.82, 2.24) is 9.80 Å². The maximum atomic E-state index is 14.0. The number of halogens is 4. The second kappa shape index (κ2) is 12.5. The molecule has 1 heterocycles. The molecule has 0 unspecified atom stereocenters. The van der Waals surface area contributed by atoms with E-state index in [0.29, 0.717) is 11.3 Å². The fraction of sp³-hybridized carbons (Fsp3) is 0.176. The van der Waals surface area contributed by atoms with Crippen molar-refractivity contribution < 1.29 is 27.2 Å². The van der Waals surface area contributed by atoms with Gasteiger partial charge in [-0.3, -0.25) is 9.69 Å². The van der Waals surface area contributed by atoms with Crippen LogP contribution >= 0.6 is 0 Å². The van der Waals surface area contributed by atoms with Crippen LogP contribution in [0.25, 0.3) is 11.1 Å². The number of carbonyl (C=O) groups is 2. The lowest BCUT2D eigenvalue weighted by atomic mass is 9.96. The third kappa shape index (κ3) is 6.61. The van der Waals surface area contributed by atoms with Crippen LogP contribution in [0.2, 0.25) is 0 Å². The summed E-state index contributed by atoms with van der Waals surface area (Å²) in [5.41, 5.74) is 1.97. The van der Waals surface area contributed by atoms with Gasteiger partial charge in [0.1, 0.15) is 12.4 Å². The average Bonchev–Trinajstić information content (AvgIpc) is 3.01. The number of anilines is 1. The van der Waals surface area contributed by atoms with Crippen LogP contribution in [-0.4, -0.2) is 41.9 Å². The van der Waals surface area contributed by atoms with Gasteiger partial charge in [-0.15, -0.1) is 0 Å². The number of rotatable bonds is 5. The first-order valence-corrected chi connectivity index (χ1v) is 13.7. The Morgan fingerprint density at radius 2 is 1.53 bits per heavy atom. The van der Waals surface area contributed by atoms with E-state index in [-0.39, 0.29) is 25.2 Å².